The van der Waals surface area contributed by atoms with Gasteiger partial charge in [-0.05, 0) is 63.6 Å². The first-order valence-corrected chi connectivity index (χ1v) is 18.3. The summed E-state index contributed by atoms with van der Waals surface area (Å²) < 4.78 is 1.47. The summed E-state index contributed by atoms with van der Waals surface area (Å²) in [6.07, 6.45) is 9.10. The van der Waals surface area contributed by atoms with Gasteiger partial charge in [0, 0.05) is 37.3 Å². The van der Waals surface area contributed by atoms with Gasteiger partial charge in [-0.2, -0.15) is 0 Å². The fourth-order valence-corrected chi connectivity index (χ4v) is 7.31. The molecule has 1 unspecified atom stereocenters. The number of likely N-dealkylation sites (tertiary alicyclic amines) is 1. The van der Waals surface area contributed by atoms with E-state index in [9.17, 15) is 33.9 Å². The number of aromatic nitrogens is 5. The van der Waals surface area contributed by atoms with Crippen LogP contribution in [-0.4, -0.2) is 107 Å². The first-order chi connectivity index (χ1) is 25.7. The summed E-state index contributed by atoms with van der Waals surface area (Å²) in [5, 5.41) is 36.4. The van der Waals surface area contributed by atoms with Gasteiger partial charge < -0.3 is 36.8 Å². The van der Waals surface area contributed by atoms with Crippen LogP contribution in [0.4, 0.5) is 4.79 Å². The highest BCUT2D eigenvalue weighted by Gasteiger charge is 2.45. The Balaban J connectivity index is 1.44. The predicted octanol–water partition coefficient (Wildman–Crippen LogP) is 1.34. The SMILES string of the molecule is CC(C)(O)c1cnnn1[C@H]1C[C@@H](C(=O)NC(CCCCNC(=O)O)C(=O)C(N)=O)N(C(=O)[C@@H](CC2CCCCC2)NC(=O)c2ccc3cnccc3n2)C1. The van der Waals surface area contributed by atoms with Crippen LogP contribution in [-0.2, 0) is 24.8 Å². The van der Waals surface area contributed by atoms with Crippen LogP contribution in [0.3, 0.4) is 0 Å². The largest absolute Gasteiger partial charge is 0.465 e. The maximum atomic E-state index is 14.7. The average molecular weight is 749 g/mol. The molecule has 3 aromatic heterocycles. The molecule has 290 valence electrons. The van der Waals surface area contributed by atoms with Crippen LogP contribution in [0.15, 0.2) is 36.8 Å². The number of nitrogens with one attached hydrogen (secondary N) is 3. The van der Waals surface area contributed by atoms with Crippen molar-refractivity contribution in [3.8, 4) is 0 Å². The number of Topliss-reactive ketones (excluding diaryl/α,β-unsaturated/α-hetero) is 1. The molecule has 2 aliphatic rings. The van der Waals surface area contributed by atoms with Crippen molar-refractivity contribution in [2.24, 2.45) is 11.7 Å². The number of primary amides is 1. The van der Waals surface area contributed by atoms with Gasteiger partial charge in [-0.3, -0.25) is 29.0 Å². The quantitative estimate of drug-likeness (QED) is 0.0896. The third-order valence-electron chi connectivity index (χ3n) is 10.1. The molecular weight excluding hydrogens is 700 g/mol. The van der Waals surface area contributed by atoms with Gasteiger partial charge in [0.05, 0.1) is 29.5 Å². The maximum Gasteiger partial charge on any atom is 0.404 e. The van der Waals surface area contributed by atoms with Crippen molar-refractivity contribution in [2.75, 3.05) is 13.1 Å². The van der Waals surface area contributed by atoms with Crippen molar-refractivity contribution in [2.45, 2.75) is 108 Å². The number of carbonyl (C=O) groups is 6. The molecule has 0 spiro atoms. The molecule has 5 amide bonds. The molecule has 5 rings (SSSR count). The van der Waals surface area contributed by atoms with Crippen molar-refractivity contribution in [3.63, 3.8) is 0 Å². The van der Waals surface area contributed by atoms with E-state index in [0.29, 0.717) is 24.1 Å². The number of pyridine rings is 2. The molecule has 1 aliphatic carbocycles. The number of carbonyl (C=O) groups excluding carboxylic acids is 5. The zero-order valence-corrected chi connectivity index (χ0v) is 30.4. The molecular formula is C36H48N10O8. The number of nitrogens with zero attached hydrogens (tertiary/aromatic N) is 6. The van der Waals surface area contributed by atoms with E-state index < -0.39 is 65.3 Å². The topological polar surface area (TPSA) is 265 Å². The van der Waals surface area contributed by atoms with Gasteiger partial charge in [0.15, 0.2) is 0 Å². The zero-order chi connectivity index (χ0) is 39.0. The predicted molar refractivity (Wildman–Crippen MR) is 192 cm³/mol. The van der Waals surface area contributed by atoms with E-state index in [4.69, 9.17) is 10.8 Å². The number of nitrogens with two attached hydrogens (primary N) is 1. The van der Waals surface area contributed by atoms with Gasteiger partial charge in [-0.15, -0.1) is 5.10 Å². The second-order valence-electron chi connectivity index (χ2n) is 14.6. The number of amides is 5. The van der Waals surface area contributed by atoms with Crippen molar-refractivity contribution < 1.29 is 39.0 Å². The Labute approximate surface area is 311 Å². The van der Waals surface area contributed by atoms with Crippen LogP contribution in [0.2, 0.25) is 0 Å². The molecule has 0 aromatic carbocycles. The Morgan fingerprint density at radius 1 is 1.00 bits per heavy atom. The summed E-state index contributed by atoms with van der Waals surface area (Å²) in [6, 6.07) is 0.760. The number of ketones is 1. The van der Waals surface area contributed by atoms with Crippen LogP contribution in [0.1, 0.15) is 100 Å². The standard InChI is InChI=1S/C36H48N10O8/c1-36(2,54)29-19-40-44-46(29)23-17-28(33(50)42-25(30(47)31(37)48)10-6-7-14-39-35(52)53)45(20-23)34(51)27(16-21-8-4-3-5-9-21)43-32(49)26-12-11-22-18-38-15-13-24(22)41-26/h11-13,15,18-19,21,23,25,27-28,39,54H,3-10,14,16-17,20H2,1-2H3,(H2,37,48)(H,42,50)(H,43,49)(H,52,53)/t23-,25?,27+,28-/m0/s1. The second kappa shape index (κ2) is 17.5. The lowest BCUT2D eigenvalue weighted by Gasteiger charge is -2.32. The summed E-state index contributed by atoms with van der Waals surface area (Å²) in [4.78, 5) is 88.2. The minimum Gasteiger partial charge on any atom is -0.465 e. The second-order valence-corrected chi connectivity index (χ2v) is 14.6. The number of fused-ring (bicyclic) bond motifs is 1. The minimum absolute atomic E-state index is 0.00832. The van der Waals surface area contributed by atoms with Gasteiger partial charge >= 0.3 is 6.09 Å². The van der Waals surface area contributed by atoms with Crippen molar-refractivity contribution >= 4 is 46.4 Å². The highest BCUT2D eigenvalue weighted by molar-refractivity contribution is 6.37. The molecule has 2 fully saturated rings. The molecule has 1 aliphatic heterocycles. The normalized spacial score (nSPS) is 18.8. The van der Waals surface area contributed by atoms with Crippen LogP contribution in [0, 0.1) is 5.92 Å². The third-order valence-corrected chi connectivity index (χ3v) is 10.1. The van der Waals surface area contributed by atoms with Gasteiger partial charge in [0.2, 0.25) is 17.6 Å². The number of unbranched alkanes of at least 4 members (excludes halogenated alkanes) is 1. The van der Waals surface area contributed by atoms with E-state index in [1.165, 1.54) is 15.8 Å². The first-order valence-electron chi connectivity index (χ1n) is 18.3. The molecule has 7 N–H and O–H groups in total. The number of hydrogen-bond donors (Lipinski definition) is 6. The molecule has 1 saturated carbocycles. The Hall–Kier alpha value is -5.52. The molecule has 1 saturated heterocycles. The highest BCUT2D eigenvalue weighted by Crippen LogP contribution is 2.33. The highest BCUT2D eigenvalue weighted by atomic mass is 16.4. The van der Waals surface area contributed by atoms with E-state index in [2.05, 4.69) is 36.2 Å². The van der Waals surface area contributed by atoms with Crippen LogP contribution in [0.5, 0.6) is 0 Å². The van der Waals surface area contributed by atoms with Crippen molar-refractivity contribution in [1.29, 1.82) is 0 Å². The lowest BCUT2D eigenvalue weighted by Crippen LogP contribution is -2.56. The molecule has 0 bridgehead atoms. The Morgan fingerprint density at radius 3 is 2.46 bits per heavy atom. The number of rotatable bonds is 16. The number of hydrogen-bond acceptors (Lipinski definition) is 11. The Bertz CT molecular complexity index is 1850. The van der Waals surface area contributed by atoms with E-state index in [1.54, 1.807) is 44.4 Å². The van der Waals surface area contributed by atoms with E-state index in [-0.39, 0.29) is 44.0 Å². The average Bonchev–Trinajstić information content (AvgIpc) is 3.82. The molecule has 3 aromatic rings. The lowest BCUT2D eigenvalue weighted by atomic mass is 9.84. The molecule has 54 heavy (non-hydrogen) atoms. The summed E-state index contributed by atoms with van der Waals surface area (Å²) in [5.41, 5.74) is 4.97. The van der Waals surface area contributed by atoms with E-state index >= 15 is 0 Å². The van der Waals surface area contributed by atoms with Crippen LogP contribution < -0.4 is 21.7 Å². The fraction of sp³-hybridized carbons (Fsp3) is 0.556. The molecule has 18 heteroatoms. The number of aliphatic hydroxyl groups is 1. The van der Waals surface area contributed by atoms with E-state index in [0.717, 1.165) is 37.5 Å². The van der Waals surface area contributed by atoms with Crippen LogP contribution in [0.25, 0.3) is 10.9 Å². The molecule has 0 radical (unpaired) electrons. The summed E-state index contributed by atoms with van der Waals surface area (Å²) in [5.74, 6) is -3.98. The smallest absolute Gasteiger partial charge is 0.404 e. The van der Waals surface area contributed by atoms with Crippen molar-refractivity contribution in [3.05, 3.63) is 48.2 Å². The monoisotopic (exact) mass is 748 g/mol. The van der Waals surface area contributed by atoms with Crippen molar-refractivity contribution in [1.82, 2.24) is 45.8 Å². The lowest BCUT2D eigenvalue weighted by molar-refractivity contribution is -0.142. The zero-order valence-electron chi connectivity index (χ0n) is 30.4. The summed E-state index contributed by atoms with van der Waals surface area (Å²) in [7, 11) is 0. The van der Waals surface area contributed by atoms with E-state index in [1.807, 2.05) is 0 Å². The van der Waals surface area contributed by atoms with Gasteiger partial charge in [-0.1, -0.05) is 37.3 Å². The number of carboxylic acid groups (broad SMARTS) is 1. The van der Waals surface area contributed by atoms with Gasteiger partial charge in [0.1, 0.15) is 23.4 Å². The molecule has 4 atom stereocenters. The first kappa shape index (κ1) is 39.7. The fourth-order valence-electron chi connectivity index (χ4n) is 7.31. The molecule has 4 heterocycles. The molecule has 18 nitrogen and oxygen atoms in total. The Morgan fingerprint density at radius 2 is 1.76 bits per heavy atom. The maximum absolute atomic E-state index is 14.7. The third kappa shape index (κ3) is 9.91. The van der Waals surface area contributed by atoms with Gasteiger partial charge in [-0.25, -0.2) is 14.5 Å². The Kier molecular flexibility index (Phi) is 12.9. The summed E-state index contributed by atoms with van der Waals surface area (Å²) in [6.45, 7) is 3.17. The summed E-state index contributed by atoms with van der Waals surface area (Å²) >= 11 is 0. The van der Waals surface area contributed by atoms with Gasteiger partial charge in [0.25, 0.3) is 11.8 Å². The minimum atomic E-state index is -1.37. The van der Waals surface area contributed by atoms with Crippen LogP contribution >= 0.6 is 0 Å².